The third-order valence-electron chi connectivity index (χ3n) is 2.85. The number of non-ortho nitro benzene ring substituents is 1. The molecule has 10 heteroatoms. The lowest BCUT2D eigenvalue weighted by atomic mass is 10.3. The number of anilines is 1. The van der Waals surface area contributed by atoms with E-state index in [0.717, 1.165) is 15.2 Å². The fraction of sp³-hybridized carbons (Fsp3) is 0.154. The van der Waals surface area contributed by atoms with Crippen molar-refractivity contribution in [1.82, 2.24) is 4.31 Å². The Labute approximate surface area is 137 Å². The second-order valence-electron chi connectivity index (χ2n) is 4.61. The number of hydrogen-bond acceptors (Lipinski definition) is 7. The van der Waals surface area contributed by atoms with Gasteiger partial charge in [-0.1, -0.05) is 6.07 Å². The van der Waals surface area contributed by atoms with Crippen LogP contribution in [0.2, 0.25) is 0 Å². The van der Waals surface area contributed by atoms with Crippen molar-refractivity contribution in [1.29, 1.82) is 0 Å². The van der Waals surface area contributed by atoms with Crippen LogP contribution in [0, 0.1) is 10.1 Å². The van der Waals surface area contributed by atoms with E-state index in [1.54, 1.807) is 0 Å². The molecule has 8 nitrogen and oxygen atoms in total. The highest BCUT2D eigenvalue weighted by Crippen LogP contribution is 2.28. The van der Waals surface area contributed by atoms with Crippen molar-refractivity contribution in [3.05, 3.63) is 50.7 Å². The molecule has 2 rings (SSSR count). The first kappa shape index (κ1) is 17.1. The number of nitrogens with one attached hydrogen (secondary N) is 1. The topological polar surface area (TPSA) is 105 Å². The van der Waals surface area contributed by atoms with Gasteiger partial charge in [0.1, 0.15) is 4.90 Å². The summed E-state index contributed by atoms with van der Waals surface area (Å²) >= 11 is 1.47. The van der Waals surface area contributed by atoms with E-state index in [4.69, 9.17) is 0 Å². The summed E-state index contributed by atoms with van der Waals surface area (Å²) < 4.78 is 25.7. The van der Waals surface area contributed by atoms with Crippen LogP contribution in [-0.2, 0) is 10.0 Å². The van der Waals surface area contributed by atoms with Crippen molar-refractivity contribution in [3.8, 4) is 0 Å². The second-order valence-corrected chi connectivity index (χ2v) is 7.71. The van der Waals surface area contributed by atoms with Crippen LogP contribution in [0.4, 0.5) is 11.4 Å². The third-order valence-corrected chi connectivity index (χ3v) is 5.52. The number of nitrogens with zero attached hydrogens (tertiary/aromatic N) is 3. The Balaban J connectivity index is 2.40. The summed E-state index contributed by atoms with van der Waals surface area (Å²) in [5.74, 6) is 0. The minimum Gasteiger partial charge on any atom is -0.277 e. The highest BCUT2D eigenvalue weighted by atomic mass is 32.2. The van der Waals surface area contributed by atoms with Crippen LogP contribution < -0.4 is 5.43 Å². The van der Waals surface area contributed by atoms with Gasteiger partial charge in [-0.25, -0.2) is 12.7 Å². The molecule has 1 heterocycles. The molecule has 122 valence electrons. The predicted octanol–water partition coefficient (Wildman–Crippen LogP) is 2.35. The fourth-order valence-electron chi connectivity index (χ4n) is 1.66. The molecule has 0 bridgehead atoms. The maximum absolute atomic E-state index is 12.3. The maximum atomic E-state index is 12.3. The number of benzene rings is 1. The Bertz CT molecular complexity index is 830. The average molecular weight is 354 g/mol. The molecule has 0 amide bonds. The first-order chi connectivity index (χ1) is 10.8. The Kier molecular flexibility index (Phi) is 5.08. The van der Waals surface area contributed by atoms with Crippen LogP contribution in [0.3, 0.4) is 0 Å². The fourth-order valence-corrected chi connectivity index (χ4v) is 3.30. The lowest BCUT2D eigenvalue weighted by Gasteiger charge is -2.14. The van der Waals surface area contributed by atoms with Gasteiger partial charge in [-0.3, -0.25) is 15.5 Å². The molecule has 23 heavy (non-hydrogen) atoms. The molecule has 0 fully saturated rings. The van der Waals surface area contributed by atoms with Gasteiger partial charge in [-0.05, 0) is 17.5 Å². The number of thiophene rings is 1. The Morgan fingerprint density at radius 3 is 2.65 bits per heavy atom. The number of hydrogen-bond donors (Lipinski definition) is 1. The van der Waals surface area contributed by atoms with Crippen LogP contribution in [0.25, 0.3) is 0 Å². The molecule has 0 saturated carbocycles. The van der Waals surface area contributed by atoms with Crippen LogP contribution in [0.15, 0.2) is 45.7 Å². The van der Waals surface area contributed by atoms with Crippen molar-refractivity contribution < 1.29 is 13.3 Å². The van der Waals surface area contributed by atoms with E-state index in [1.165, 1.54) is 43.8 Å². The van der Waals surface area contributed by atoms with Crippen LogP contribution in [0.5, 0.6) is 0 Å². The normalized spacial score (nSPS) is 12.0. The van der Waals surface area contributed by atoms with Gasteiger partial charge in [0.05, 0.1) is 16.8 Å². The summed E-state index contributed by atoms with van der Waals surface area (Å²) in [7, 11) is -1.14. The largest absolute Gasteiger partial charge is 0.277 e. The molecule has 0 radical (unpaired) electrons. The first-order valence-corrected chi connectivity index (χ1v) is 8.68. The van der Waals surface area contributed by atoms with E-state index >= 15 is 0 Å². The van der Waals surface area contributed by atoms with Gasteiger partial charge in [-0.2, -0.15) is 5.10 Å². The van der Waals surface area contributed by atoms with E-state index in [9.17, 15) is 18.5 Å². The van der Waals surface area contributed by atoms with Crippen molar-refractivity contribution in [2.24, 2.45) is 5.10 Å². The number of sulfonamides is 1. The van der Waals surface area contributed by atoms with E-state index < -0.39 is 14.9 Å². The average Bonchev–Trinajstić information content (AvgIpc) is 3.00. The smallest absolute Gasteiger partial charge is 0.270 e. The zero-order valence-electron chi connectivity index (χ0n) is 12.3. The third kappa shape index (κ3) is 3.92. The van der Waals surface area contributed by atoms with E-state index in [1.807, 2.05) is 17.5 Å². The molecule has 1 aromatic heterocycles. The summed E-state index contributed by atoms with van der Waals surface area (Å²) in [6.07, 6.45) is 1.54. The minimum absolute atomic E-state index is 0.164. The lowest BCUT2D eigenvalue weighted by Crippen LogP contribution is -2.23. The molecule has 0 aliphatic carbocycles. The molecule has 0 saturated heterocycles. The van der Waals surface area contributed by atoms with Crippen molar-refractivity contribution in [3.63, 3.8) is 0 Å². The van der Waals surface area contributed by atoms with Gasteiger partial charge in [0.2, 0.25) is 10.0 Å². The molecule has 1 N–H and O–H groups in total. The molecule has 0 spiro atoms. The summed E-state index contributed by atoms with van der Waals surface area (Å²) in [6.45, 7) is 0. The molecule has 2 aromatic rings. The number of rotatable bonds is 6. The number of hydrazone groups is 1. The zero-order chi connectivity index (χ0) is 17.0. The van der Waals surface area contributed by atoms with Gasteiger partial charge in [-0.15, -0.1) is 11.3 Å². The highest BCUT2D eigenvalue weighted by molar-refractivity contribution is 7.89. The van der Waals surface area contributed by atoms with Crippen molar-refractivity contribution in [2.75, 3.05) is 19.5 Å². The summed E-state index contributed by atoms with van der Waals surface area (Å²) in [4.78, 5) is 10.9. The van der Waals surface area contributed by atoms with Crippen molar-refractivity contribution >= 4 is 38.9 Å². The first-order valence-electron chi connectivity index (χ1n) is 6.36. The second kappa shape index (κ2) is 6.86. The number of nitro benzene ring substituents is 1. The summed E-state index contributed by atoms with van der Waals surface area (Å²) in [6, 6.07) is 7.26. The summed E-state index contributed by atoms with van der Waals surface area (Å²) in [5, 5.41) is 16.7. The molecular weight excluding hydrogens is 340 g/mol. The van der Waals surface area contributed by atoms with Crippen LogP contribution in [-0.4, -0.2) is 38.0 Å². The Morgan fingerprint density at radius 2 is 2.09 bits per heavy atom. The van der Waals surface area contributed by atoms with Crippen LogP contribution >= 0.6 is 11.3 Å². The Morgan fingerprint density at radius 1 is 1.35 bits per heavy atom. The molecule has 1 aromatic carbocycles. The molecule has 0 unspecified atom stereocenters. The van der Waals surface area contributed by atoms with E-state index in [0.29, 0.717) is 0 Å². The predicted molar refractivity (Wildman–Crippen MR) is 89.5 cm³/mol. The van der Waals surface area contributed by atoms with Gasteiger partial charge < -0.3 is 0 Å². The van der Waals surface area contributed by atoms with E-state index in [-0.39, 0.29) is 16.3 Å². The monoisotopic (exact) mass is 354 g/mol. The SMILES string of the molecule is CN(C)S(=O)(=O)c1cc([N+](=O)[O-])ccc1N/N=C\c1cccs1. The molecule has 0 aliphatic heterocycles. The minimum atomic E-state index is -3.85. The standard InChI is InChI=1S/C13H14N4O4S2/c1-16(2)23(20,21)13-8-10(17(18)19)5-6-12(13)15-14-9-11-4-3-7-22-11/h3-9,15H,1-2H3/b14-9-. The van der Waals surface area contributed by atoms with Gasteiger partial charge in [0.15, 0.2) is 0 Å². The van der Waals surface area contributed by atoms with Crippen LogP contribution in [0.1, 0.15) is 4.88 Å². The zero-order valence-corrected chi connectivity index (χ0v) is 14.0. The number of nitro groups is 1. The van der Waals surface area contributed by atoms with Gasteiger partial charge in [0, 0.05) is 31.1 Å². The maximum Gasteiger partial charge on any atom is 0.270 e. The lowest BCUT2D eigenvalue weighted by molar-refractivity contribution is -0.385. The van der Waals surface area contributed by atoms with E-state index in [2.05, 4.69) is 10.5 Å². The van der Waals surface area contributed by atoms with Gasteiger partial charge >= 0.3 is 0 Å². The summed E-state index contributed by atoms with van der Waals surface area (Å²) in [5.41, 5.74) is 2.48. The molecule has 0 atom stereocenters. The Hall–Kier alpha value is -2.30. The molecular formula is C13H14N4O4S2. The highest BCUT2D eigenvalue weighted by Gasteiger charge is 2.24. The van der Waals surface area contributed by atoms with Gasteiger partial charge in [0.25, 0.3) is 5.69 Å². The molecule has 0 aliphatic rings. The quantitative estimate of drug-likeness (QED) is 0.487. The van der Waals surface area contributed by atoms with Crippen molar-refractivity contribution in [2.45, 2.75) is 4.90 Å².